The van der Waals surface area contributed by atoms with Crippen LogP contribution in [-0.4, -0.2) is 35.3 Å². The summed E-state index contributed by atoms with van der Waals surface area (Å²) < 4.78 is 4.56. The molecule has 3 atom stereocenters. The first kappa shape index (κ1) is 5.97. The van der Waals surface area contributed by atoms with Crippen LogP contribution in [0.3, 0.4) is 0 Å². The van der Waals surface area contributed by atoms with Crippen molar-refractivity contribution >= 4 is 0 Å². The van der Waals surface area contributed by atoms with Crippen molar-refractivity contribution in [1.29, 1.82) is 0 Å². The van der Waals surface area contributed by atoms with Gasteiger partial charge in [-0.1, -0.05) is 0 Å². The van der Waals surface area contributed by atoms with Crippen molar-refractivity contribution in [2.75, 3.05) is 6.61 Å². The minimum atomic E-state index is -0.981. The molecule has 0 bridgehead atoms. The Morgan fingerprint density at radius 2 is 2.12 bits per heavy atom. The Morgan fingerprint density at radius 3 is 2.25 bits per heavy atom. The fourth-order valence-corrected chi connectivity index (χ4v) is 0.609. The normalized spacial score (nSPS) is 47.6. The smallest absolute Gasteiger partial charge is 0.172 e. The highest BCUT2D eigenvalue weighted by Gasteiger charge is 2.30. The van der Waals surface area contributed by atoms with Gasteiger partial charge in [0, 0.05) is 0 Å². The molecule has 1 aliphatic rings. The Bertz CT molecular complexity index is 77.4. The number of hydrogen-bond donors (Lipinski definition) is 3. The summed E-state index contributed by atoms with van der Waals surface area (Å²) in [6.07, 6.45) is -1.69. The molecule has 0 aliphatic carbocycles. The highest BCUT2D eigenvalue weighted by Crippen LogP contribution is 2.08. The van der Waals surface area contributed by atoms with Gasteiger partial charge in [0.05, 0.1) is 18.8 Å². The molecule has 1 fully saturated rings. The van der Waals surface area contributed by atoms with E-state index in [4.69, 9.17) is 15.9 Å². The summed E-state index contributed by atoms with van der Waals surface area (Å²) in [5.74, 6) is 0. The fourth-order valence-electron chi connectivity index (χ4n) is 0.609. The molecule has 0 aromatic carbocycles. The van der Waals surface area contributed by atoms with Crippen LogP contribution in [-0.2, 0) is 4.74 Å². The van der Waals surface area contributed by atoms with E-state index in [1.165, 1.54) is 0 Å². The van der Waals surface area contributed by atoms with Gasteiger partial charge in [-0.15, -0.1) is 0 Å². The first-order valence-electron chi connectivity index (χ1n) is 2.45. The number of nitrogens with two attached hydrogens (primary N) is 1. The third-order valence-corrected chi connectivity index (χ3v) is 1.21. The Kier molecular flexibility index (Phi) is 1.48. The number of hydrogen-bond acceptors (Lipinski definition) is 4. The quantitative estimate of drug-likeness (QED) is 0.345. The molecule has 0 radical (unpaired) electrons. The summed E-state index contributed by atoms with van der Waals surface area (Å²) in [5.41, 5.74) is 5.20. The van der Waals surface area contributed by atoms with Crippen molar-refractivity contribution in [2.24, 2.45) is 5.73 Å². The SMILES string of the molecule is N[C@@H]1C(O)OC[C@@H]1O. The van der Waals surface area contributed by atoms with Crippen LogP contribution in [0, 0.1) is 0 Å². The molecule has 0 amide bonds. The molecule has 48 valence electrons. The summed E-state index contributed by atoms with van der Waals surface area (Å²) >= 11 is 0. The van der Waals surface area contributed by atoms with E-state index >= 15 is 0 Å². The molecule has 0 spiro atoms. The van der Waals surface area contributed by atoms with Crippen LogP contribution in [0.2, 0.25) is 0 Å². The predicted octanol–water partition coefficient (Wildman–Crippen LogP) is -1.98. The van der Waals surface area contributed by atoms with E-state index in [2.05, 4.69) is 4.74 Å². The van der Waals surface area contributed by atoms with Crippen molar-refractivity contribution in [2.45, 2.75) is 18.4 Å². The lowest BCUT2D eigenvalue weighted by molar-refractivity contribution is -0.0664. The molecule has 1 aliphatic heterocycles. The average Bonchev–Trinajstić information content (AvgIpc) is 1.98. The van der Waals surface area contributed by atoms with Crippen LogP contribution in [0.15, 0.2) is 0 Å². The van der Waals surface area contributed by atoms with E-state index in [1.54, 1.807) is 0 Å². The summed E-state index contributed by atoms with van der Waals surface area (Å²) in [7, 11) is 0. The highest BCUT2D eigenvalue weighted by atomic mass is 16.6. The topological polar surface area (TPSA) is 75.7 Å². The van der Waals surface area contributed by atoms with Crippen molar-refractivity contribution in [3.05, 3.63) is 0 Å². The van der Waals surface area contributed by atoms with Gasteiger partial charge in [0.15, 0.2) is 6.29 Å². The third kappa shape index (κ3) is 0.830. The number of rotatable bonds is 0. The van der Waals surface area contributed by atoms with E-state index in [-0.39, 0.29) is 6.61 Å². The van der Waals surface area contributed by atoms with E-state index < -0.39 is 18.4 Å². The lowest BCUT2D eigenvalue weighted by atomic mass is 10.2. The van der Waals surface area contributed by atoms with Gasteiger partial charge in [-0.25, -0.2) is 0 Å². The fraction of sp³-hybridized carbons (Fsp3) is 1.00. The standard InChI is InChI=1S/C4H9NO3/c5-3-2(6)1-8-4(3)7/h2-4,6-7H,1,5H2/t2-,3-,4?/m0/s1. The summed E-state index contributed by atoms with van der Waals surface area (Å²) in [4.78, 5) is 0. The lowest BCUT2D eigenvalue weighted by Gasteiger charge is -2.07. The molecule has 8 heavy (non-hydrogen) atoms. The van der Waals surface area contributed by atoms with Crippen LogP contribution < -0.4 is 5.73 Å². The predicted molar refractivity (Wildman–Crippen MR) is 25.9 cm³/mol. The van der Waals surface area contributed by atoms with Crippen LogP contribution in [0.4, 0.5) is 0 Å². The largest absolute Gasteiger partial charge is 0.389 e. The maximum atomic E-state index is 8.76. The zero-order valence-electron chi connectivity index (χ0n) is 4.32. The van der Waals surface area contributed by atoms with Gasteiger partial charge in [-0.05, 0) is 0 Å². The van der Waals surface area contributed by atoms with Gasteiger partial charge in [-0.2, -0.15) is 0 Å². The summed E-state index contributed by atoms with van der Waals surface area (Å²) in [6, 6.07) is -0.630. The molecule has 0 aromatic rings. The van der Waals surface area contributed by atoms with Gasteiger partial charge in [0.25, 0.3) is 0 Å². The molecule has 0 saturated carbocycles. The molecular formula is C4H9NO3. The van der Waals surface area contributed by atoms with E-state index in [1.807, 2.05) is 0 Å². The second-order valence-electron chi connectivity index (χ2n) is 1.87. The van der Waals surface area contributed by atoms with Crippen LogP contribution in [0.1, 0.15) is 0 Å². The molecule has 4 heteroatoms. The molecule has 1 unspecified atom stereocenters. The van der Waals surface area contributed by atoms with Gasteiger partial charge < -0.3 is 20.7 Å². The molecule has 4 nitrogen and oxygen atoms in total. The average molecular weight is 119 g/mol. The molecule has 1 heterocycles. The molecule has 0 aromatic heterocycles. The number of aliphatic hydroxyl groups excluding tert-OH is 2. The zero-order valence-corrected chi connectivity index (χ0v) is 4.32. The Balaban J connectivity index is 2.44. The van der Waals surface area contributed by atoms with Gasteiger partial charge in [0.1, 0.15) is 0 Å². The van der Waals surface area contributed by atoms with Crippen molar-refractivity contribution in [3.8, 4) is 0 Å². The first-order chi connectivity index (χ1) is 3.72. The lowest BCUT2D eigenvalue weighted by Crippen LogP contribution is -2.38. The maximum Gasteiger partial charge on any atom is 0.172 e. The van der Waals surface area contributed by atoms with Crippen LogP contribution in [0.5, 0.6) is 0 Å². The van der Waals surface area contributed by atoms with Crippen LogP contribution in [0.25, 0.3) is 0 Å². The summed E-state index contributed by atoms with van der Waals surface area (Å²) in [6.45, 7) is 0.141. The van der Waals surface area contributed by atoms with Crippen molar-refractivity contribution < 1.29 is 14.9 Å². The van der Waals surface area contributed by atoms with E-state index in [0.29, 0.717) is 0 Å². The zero-order chi connectivity index (χ0) is 6.15. The number of ether oxygens (including phenoxy) is 1. The second kappa shape index (κ2) is 1.99. The maximum absolute atomic E-state index is 8.76. The Hall–Kier alpha value is -0.160. The Labute approximate surface area is 46.9 Å². The molecule has 1 saturated heterocycles. The second-order valence-corrected chi connectivity index (χ2v) is 1.87. The minimum Gasteiger partial charge on any atom is -0.389 e. The third-order valence-electron chi connectivity index (χ3n) is 1.21. The van der Waals surface area contributed by atoms with Crippen molar-refractivity contribution in [1.82, 2.24) is 0 Å². The first-order valence-corrected chi connectivity index (χ1v) is 2.45. The highest BCUT2D eigenvalue weighted by molar-refractivity contribution is 4.79. The monoisotopic (exact) mass is 119 g/mol. The van der Waals surface area contributed by atoms with Gasteiger partial charge >= 0.3 is 0 Å². The van der Waals surface area contributed by atoms with Gasteiger partial charge in [-0.3, -0.25) is 0 Å². The molecule has 4 N–H and O–H groups in total. The van der Waals surface area contributed by atoms with E-state index in [9.17, 15) is 0 Å². The van der Waals surface area contributed by atoms with E-state index in [0.717, 1.165) is 0 Å². The Morgan fingerprint density at radius 1 is 1.50 bits per heavy atom. The molecule has 1 rings (SSSR count). The van der Waals surface area contributed by atoms with Crippen LogP contribution >= 0.6 is 0 Å². The summed E-state index contributed by atoms with van der Waals surface area (Å²) in [5, 5.41) is 17.4. The van der Waals surface area contributed by atoms with Crippen molar-refractivity contribution in [3.63, 3.8) is 0 Å². The minimum absolute atomic E-state index is 0.141. The number of aliphatic hydroxyl groups is 2. The molecular weight excluding hydrogens is 110 g/mol. The van der Waals surface area contributed by atoms with Gasteiger partial charge in [0.2, 0.25) is 0 Å².